The monoisotopic (exact) mass is 837 g/mol. The average molecular weight is 838 g/mol. The summed E-state index contributed by atoms with van der Waals surface area (Å²) in [5.74, 6) is 0.664. The Balaban J connectivity index is 0.909. The second-order valence-electron chi connectivity index (χ2n) is 16.7. The molecule has 0 bridgehead atoms. The van der Waals surface area contributed by atoms with Crippen molar-refractivity contribution in [3.05, 3.63) is 248 Å². The summed E-state index contributed by atoms with van der Waals surface area (Å²) in [7, 11) is 0. The van der Waals surface area contributed by atoms with E-state index in [9.17, 15) is 0 Å². The fourth-order valence-electron chi connectivity index (χ4n) is 9.69. The van der Waals surface area contributed by atoms with Gasteiger partial charge in [-0.2, -0.15) is 0 Å². The number of hydrogen-bond donors (Lipinski definition) is 0. The van der Waals surface area contributed by atoms with Crippen LogP contribution in [0.2, 0.25) is 0 Å². The number of nitrogens with zero attached hydrogens (tertiary/aromatic N) is 3. The molecule has 0 saturated heterocycles. The van der Waals surface area contributed by atoms with E-state index in [1.54, 1.807) is 0 Å². The van der Waals surface area contributed by atoms with Gasteiger partial charge >= 0.3 is 0 Å². The van der Waals surface area contributed by atoms with Crippen LogP contribution < -0.4 is 0 Å². The fraction of sp³-hybridized carbons (Fsp3) is 0. The lowest BCUT2D eigenvalue weighted by Gasteiger charge is -2.15. The number of hydrogen-bond acceptors (Lipinski definition) is 2. The van der Waals surface area contributed by atoms with Crippen molar-refractivity contribution in [3.8, 4) is 78.4 Å². The molecule has 0 aliphatic carbocycles. The standard InChI is InChI=1S/C63H39N3/c1-64-49-34-31-45(32-35-49)50-17-9-12-22-56(50)60-40-61(66-63(65-60)47-14-3-2-4-15-47)57-38-37-52(54-20-10-11-21-55(54)57)44-27-23-41(24-28-44)42-25-29-46(30-26-42)62-53-19-8-6-16-48(53)39-59-51-18-7-5-13-43(51)33-36-58(59)62/h2-40H. The van der Waals surface area contributed by atoms with E-state index in [1.807, 2.05) is 48.5 Å². The lowest BCUT2D eigenvalue weighted by molar-refractivity contribution is 1.19. The van der Waals surface area contributed by atoms with Crippen molar-refractivity contribution < 1.29 is 0 Å². The Kier molecular flexibility index (Phi) is 9.55. The van der Waals surface area contributed by atoms with Gasteiger partial charge in [0, 0.05) is 16.7 Å². The summed E-state index contributed by atoms with van der Waals surface area (Å²) in [4.78, 5) is 14.0. The third kappa shape index (κ3) is 6.86. The highest BCUT2D eigenvalue weighted by molar-refractivity contribution is 6.20. The normalized spacial score (nSPS) is 11.3. The van der Waals surface area contributed by atoms with E-state index >= 15 is 0 Å². The van der Waals surface area contributed by atoms with Gasteiger partial charge in [0.1, 0.15) is 0 Å². The van der Waals surface area contributed by atoms with Gasteiger partial charge in [-0.15, -0.1) is 0 Å². The van der Waals surface area contributed by atoms with E-state index in [0.29, 0.717) is 11.5 Å². The fourth-order valence-corrected chi connectivity index (χ4v) is 9.69. The van der Waals surface area contributed by atoms with Crippen LogP contribution in [0, 0.1) is 6.57 Å². The summed E-state index contributed by atoms with van der Waals surface area (Å²) in [6.45, 7) is 7.45. The van der Waals surface area contributed by atoms with Crippen LogP contribution in [0.5, 0.6) is 0 Å². The first-order valence-corrected chi connectivity index (χ1v) is 22.3. The smallest absolute Gasteiger partial charge is 0.187 e. The van der Waals surface area contributed by atoms with E-state index in [1.165, 1.54) is 54.6 Å². The predicted octanol–water partition coefficient (Wildman–Crippen LogP) is 17.3. The predicted molar refractivity (Wildman–Crippen MR) is 276 cm³/mol. The number of fused-ring (bicyclic) bond motifs is 5. The molecule has 3 heteroatoms. The lowest BCUT2D eigenvalue weighted by Crippen LogP contribution is -1.97. The Morgan fingerprint density at radius 1 is 0.288 bits per heavy atom. The van der Waals surface area contributed by atoms with E-state index in [-0.39, 0.29) is 0 Å². The van der Waals surface area contributed by atoms with Crippen LogP contribution in [0.3, 0.4) is 0 Å². The zero-order valence-corrected chi connectivity index (χ0v) is 35.9. The minimum atomic E-state index is 0.615. The van der Waals surface area contributed by atoms with Crippen LogP contribution in [0.25, 0.3) is 126 Å². The molecule has 0 aliphatic heterocycles. The summed E-state index contributed by atoms with van der Waals surface area (Å²) >= 11 is 0. The third-order valence-electron chi connectivity index (χ3n) is 12.9. The molecule has 0 saturated carbocycles. The maximum Gasteiger partial charge on any atom is 0.187 e. The number of aromatic nitrogens is 2. The van der Waals surface area contributed by atoms with E-state index < -0.39 is 0 Å². The lowest BCUT2D eigenvalue weighted by atomic mass is 9.89. The molecule has 1 aromatic heterocycles. The van der Waals surface area contributed by atoms with Crippen LogP contribution in [0.4, 0.5) is 5.69 Å². The van der Waals surface area contributed by atoms with Crippen LogP contribution in [-0.4, -0.2) is 9.97 Å². The molecular formula is C63H39N3. The van der Waals surface area contributed by atoms with Crippen LogP contribution in [0.15, 0.2) is 237 Å². The molecule has 0 amide bonds. The minimum Gasteiger partial charge on any atom is -0.238 e. The zero-order valence-electron chi connectivity index (χ0n) is 35.9. The SMILES string of the molecule is [C-]#[N+]c1ccc(-c2ccccc2-c2cc(-c3ccc(-c4ccc(-c5ccc(-c6c7ccccc7cc7c6ccc6ccccc67)cc5)cc4)c4ccccc34)nc(-c3ccccc3)n2)cc1. The summed E-state index contributed by atoms with van der Waals surface area (Å²) in [5, 5.41) is 9.87. The van der Waals surface area contributed by atoms with Gasteiger partial charge in [-0.05, 0) is 99.7 Å². The van der Waals surface area contributed by atoms with E-state index in [4.69, 9.17) is 16.5 Å². The van der Waals surface area contributed by atoms with Crippen molar-refractivity contribution in [2.75, 3.05) is 0 Å². The Morgan fingerprint density at radius 2 is 0.803 bits per heavy atom. The van der Waals surface area contributed by atoms with Crippen molar-refractivity contribution in [3.63, 3.8) is 0 Å². The first-order chi connectivity index (χ1) is 32.7. The second kappa shape index (κ2) is 16.3. The quantitative estimate of drug-likeness (QED) is 0.0909. The zero-order chi connectivity index (χ0) is 44.0. The number of benzene rings is 11. The third-order valence-corrected chi connectivity index (χ3v) is 12.9. The molecule has 306 valence electrons. The van der Waals surface area contributed by atoms with Crippen molar-refractivity contribution in [2.45, 2.75) is 0 Å². The molecule has 0 atom stereocenters. The topological polar surface area (TPSA) is 30.1 Å². The molecule has 1 heterocycles. The number of rotatable bonds is 7. The maximum absolute atomic E-state index is 7.45. The molecule has 3 nitrogen and oxygen atoms in total. The minimum absolute atomic E-state index is 0.615. The van der Waals surface area contributed by atoms with Crippen molar-refractivity contribution >= 4 is 48.8 Å². The highest BCUT2D eigenvalue weighted by Gasteiger charge is 2.18. The van der Waals surface area contributed by atoms with Gasteiger partial charge in [0.2, 0.25) is 0 Å². The highest BCUT2D eigenvalue weighted by Crippen LogP contribution is 2.42. The van der Waals surface area contributed by atoms with Gasteiger partial charge in [-0.25, -0.2) is 14.8 Å². The largest absolute Gasteiger partial charge is 0.238 e. The average Bonchev–Trinajstić information content (AvgIpc) is 3.40. The molecule has 0 aliphatic rings. The van der Waals surface area contributed by atoms with Gasteiger partial charge < -0.3 is 0 Å². The van der Waals surface area contributed by atoms with Crippen molar-refractivity contribution in [1.29, 1.82) is 0 Å². The summed E-state index contributed by atoms with van der Waals surface area (Å²) in [6.07, 6.45) is 0. The van der Waals surface area contributed by atoms with Gasteiger partial charge in [-0.3, -0.25) is 0 Å². The molecule has 11 aromatic carbocycles. The molecular weight excluding hydrogens is 799 g/mol. The Hall–Kier alpha value is -8.97. The van der Waals surface area contributed by atoms with Gasteiger partial charge in [0.05, 0.1) is 18.0 Å². The molecule has 0 spiro atoms. The summed E-state index contributed by atoms with van der Waals surface area (Å²) in [5.41, 5.74) is 14.5. The molecule has 66 heavy (non-hydrogen) atoms. The first kappa shape index (κ1) is 38.7. The van der Waals surface area contributed by atoms with E-state index in [0.717, 1.165) is 61.1 Å². The van der Waals surface area contributed by atoms with Gasteiger partial charge in [-0.1, -0.05) is 224 Å². The maximum atomic E-state index is 7.45. The van der Waals surface area contributed by atoms with Crippen molar-refractivity contribution in [2.24, 2.45) is 0 Å². The van der Waals surface area contributed by atoms with Gasteiger partial charge in [0.25, 0.3) is 0 Å². The van der Waals surface area contributed by atoms with Gasteiger partial charge in [0.15, 0.2) is 11.5 Å². The summed E-state index contributed by atoms with van der Waals surface area (Å²) < 4.78 is 0. The molecule has 0 unspecified atom stereocenters. The van der Waals surface area contributed by atoms with Crippen molar-refractivity contribution in [1.82, 2.24) is 9.97 Å². The van der Waals surface area contributed by atoms with Crippen LogP contribution in [-0.2, 0) is 0 Å². The van der Waals surface area contributed by atoms with E-state index in [2.05, 4.69) is 193 Å². The Bertz CT molecular complexity index is 3850. The molecule has 12 aromatic rings. The molecule has 0 N–H and O–H groups in total. The Labute approximate surface area is 383 Å². The first-order valence-electron chi connectivity index (χ1n) is 22.3. The molecule has 0 fully saturated rings. The van der Waals surface area contributed by atoms with Crippen LogP contribution in [0.1, 0.15) is 0 Å². The summed E-state index contributed by atoms with van der Waals surface area (Å²) in [6, 6.07) is 83.8. The molecule has 0 radical (unpaired) electrons. The second-order valence-corrected chi connectivity index (χ2v) is 16.7. The highest BCUT2D eigenvalue weighted by atomic mass is 14.9. The van der Waals surface area contributed by atoms with Crippen LogP contribution >= 0.6 is 0 Å². The Morgan fingerprint density at radius 3 is 1.52 bits per heavy atom. The molecule has 12 rings (SSSR count).